The lowest BCUT2D eigenvalue weighted by Gasteiger charge is -2.05. The summed E-state index contributed by atoms with van der Waals surface area (Å²) in [6.07, 6.45) is 4.34. The summed E-state index contributed by atoms with van der Waals surface area (Å²) in [6, 6.07) is 5.84. The summed E-state index contributed by atoms with van der Waals surface area (Å²) in [7, 11) is 1.62. The third-order valence-electron chi connectivity index (χ3n) is 2.08. The standard InChI is InChI=1S/C12H13BrO3/c1-16-11-7-6-9(8-10(11)13)4-2-3-5-12(14)15/h3,5-8H,2,4H2,1H3,(H,14,15)/b5-3+. The number of hydrogen-bond acceptors (Lipinski definition) is 2. The number of aryl methyl sites for hydroxylation is 1. The zero-order valence-corrected chi connectivity index (χ0v) is 10.5. The number of ether oxygens (including phenoxy) is 1. The van der Waals surface area contributed by atoms with Gasteiger partial charge in [0.2, 0.25) is 0 Å². The van der Waals surface area contributed by atoms with Crippen LogP contribution in [0.1, 0.15) is 12.0 Å². The molecule has 0 radical (unpaired) electrons. The number of allylic oxidation sites excluding steroid dienone is 1. The van der Waals surface area contributed by atoms with E-state index in [-0.39, 0.29) is 0 Å². The third-order valence-corrected chi connectivity index (χ3v) is 2.70. The van der Waals surface area contributed by atoms with Crippen LogP contribution >= 0.6 is 15.9 Å². The van der Waals surface area contributed by atoms with E-state index in [4.69, 9.17) is 9.84 Å². The smallest absolute Gasteiger partial charge is 0.327 e. The predicted octanol–water partition coefficient (Wildman–Crippen LogP) is 3.03. The third kappa shape index (κ3) is 4.06. The van der Waals surface area contributed by atoms with Crippen LogP contribution in [0.25, 0.3) is 0 Å². The molecular weight excluding hydrogens is 272 g/mol. The first kappa shape index (κ1) is 12.8. The van der Waals surface area contributed by atoms with Gasteiger partial charge in [-0.2, -0.15) is 0 Å². The van der Waals surface area contributed by atoms with E-state index in [1.807, 2.05) is 18.2 Å². The van der Waals surface area contributed by atoms with Crippen LogP contribution in [0.3, 0.4) is 0 Å². The Morgan fingerprint density at radius 3 is 2.88 bits per heavy atom. The molecule has 0 saturated heterocycles. The van der Waals surface area contributed by atoms with Crippen molar-refractivity contribution in [1.82, 2.24) is 0 Å². The number of benzene rings is 1. The van der Waals surface area contributed by atoms with Crippen LogP contribution in [-0.2, 0) is 11.2 Å². The fourth-order valence-corrected chi connectivity index (χ4v) is 1.89. The molecule has 1 aromatic carbocycles. The molecule has 0 aliphatic carbocycles. The van der Waals surface area contributed by atoms with Crippen molar-refractivity contribution < 1.29 is 14.6 Å². The largest absolute Gasteiger partial charge is 0.496 e. The molecule has 0 aliphatic heterocycles. The Morgan fingerprint density at radius 1 is 1.56 bits per heavy atom. The van der Waals surface area contributed by atoms with Gasteiger partial charge in [0, 0.05) is 6.08 Å². The first-order valence-electron chi connectivity index (χ1n) is 4.85. The van der Waals surface area contributed by atoms with Crippen LogP contribution in [0.4, 0.5) is 0 Å². The molecule has 0 saturated carbocycles. The van der Waals surface area contributed by atoms with Crippen LogP contribution in [-0.4, -0.2) is 18.2 Å². The number of hydrogen-bond donors (Lipinski definition) is 1. The lowest BCUT2D eigenvalue weighted by molar-refractivity contribution is -0.131. The predicted molar refractivity (Wildman–Crippen MR) is 65.8 cm³/mol. The fraction of sp³-hybridized carbons (Fsp3) is 0.250. The Morgan fingerprint density at radius 2 is 2.31 bits per heavy atom. The van der Waals surface area contributed by atoms with Crippen LogP contribution in [0.5, 0.6) is 5.75 Å². The molecule has 16 heavy (non-hydrogen) atoms. The van der Waals surface area contributed by atoms with Gasteiger partial charge in [-0.05, 0) is 46.5 Å². The lowest BCUT2D eigenvalue weighted by Crippen LogP contribution is -1.89. The van der Waals surface area contributed by atoms with E-state index in [0.29, 0.717) is 6.42 Å². The minimum Gasteiger partial charge on any atom is -0.496 e. The molecule has 0 spiro atoms. The van der Waals surface area contributed by atoms with Gasteiger partial charge in [-0.25, -0.2) is 4.79 Å². The maximum atomic E-state index is 10.2. The molecule has 0 bridgehead atoms. The molecule has 1 aromatic rings. The second-order valence-electron chi connectivity index (χ2n) is 3.25. The quantitative estimate of drug-likeness (QED) is 0.846. The van der Waals surface area contributed by atoms with Crippen molar-refractivity contribution in [2.24, 2.45) is 0 Å². The highest BCUT2D eigenvalue weighted by molar-refractivity contribution is 9.10. The molecule has 0 aromatic heterocycles. The first-order chi connectivity index (χ1) is 7.63. The van der Waals surface area contributed by atoms with E-state index >= 15 is 0 Å². The van der Waals surface area contributed by atoms with Crippen molar-refractivity contribution in [1.29, 1.82) is 0 Å². The zero-order valence-electron chi connectivity index (χ0n) is 8.94. The van der Waals surface area contributed by atoms with E-state index in [2.05, 4.69) is 15.9 Å². The summed E-state index contributed by atoms with van der Waals surface area (Å²) < 4.78 is 6.03. The van der Waals surface area contributed by atoms with Crippen molar-refractivity contribution in [2.45, 2.75) is 12.8 Å². The van der Waals surface area contributed by atoms with E-state index < -0.39 is 5.97 Å². The summed E-state index contributed by atoms with van der Waals surface area (Å²) in [5.41, 5.74) is 1.14. The van der Waals surface area contributed by atoms with Gasteiger partial charge in [0.15, 0.2) is 0 Å². The second-order valence-corrected chi connectivity index (χ2v) is 4.10. The van der Waals surface area contributed by atoms with E-state index in [1.165, 1.54) is 6.08 Å². The number of methoxy groups -OCH3 is 1. The summed E-state index contributed by atoms with van der Waals surface area (Å²) >= 11 is 3.40. The van der Waals surface area contributed by atoms with Gasteiger partial charge in [-0.1, -0.05) is 12.1 Å². The number of carbonyl (C=O) groups is 1. The van der Waals surface area contributed by atoms with Crippen LogP contribution in [0.2, 0.25) is 0 Å². The molecule has 0 fully saturated rings. The Kier molecular flexibility index (Phi) is 5.05. The number of carboxylic acid groups (broad SMARTS) is 1. The average molecular weight is 285 g/mol. The fourth-order valence-electron chi connectivity index (χ4n) is 1.30. The molecule has 0 heterocycles. The van der Waals surface area contributed by atoms with Crippen molar-refractivity contribution in [3.05, 3.63) is 40.4 Å². The van der Waals surface area contributed by atoms with Gasteiger partial charge >= 0.3 is 5.97 Å². The normalized spacial score (nSPS) is 10.6. The highest BCUT2D eigenvalue weighted by Gasteiger charge is 2.00. The van der Waals surface area contributed by atoms with E-state index in [9.17, 15) is 4.79 Å². The van der Waals surface area contributed by atoms with Gasteiger partial charge in [0.1, 0.15) is 5.75 Å². The maximum absolute atomic E-state index is 10.2. The number of halogens is 1. The maximum Gasteiger partial charge on any atom is 0.327 e. The highest BCUT2D eigenvalue weighted by Crippen LogP contribution is 2.25. The Bertz CT molecular complexity index is 399. The molecule has 1 N–H and O–H groups in total. The van der Waals surface area contributed by atoms with Gasteiger partial charge in [0.05, 0.1) is 11.6 Å². The van der Waals surface area contributed by atoms with E-state index in [0.717, 1.165) is 22.2 Å². The summed E-state index contributed by atoms with van der Waals surface area (Å²) in [5, 5.41) is 8.41. The Labute approximate surface area is 103 Å². The van der Waals surface area contributed by atoms with Crippen molar-refractivity contribution >= 4 is 21.9 Å². The van der Waals surface area contributed by atoms with Crippen molar-refractivity contribution in [2.75, 3.05) is 7.11 Å². The van der Waals surface area contributed by atoms with Gasteiger partial charge in [-0.15, -0.1) is 0 Å². The molecule has 3 nitrogen and oxygen atoms in total. The lowest BCUT2D eigenvalue weighted by atomic mass is 10.1. The van der Waals surface area contributed by atoms with Gasteiger partial charge in [0.25, 0.3) is 0 Å². The summed E-state index contributed by atoms with van der Waals surface area (Å²) in [4.78, 5) is 10.2. The summed E-state index contributed by atoms with van der Waals surface area (Å²) in [5.74, 6) is -0.110. The Balaban J connectivity index is 2.55. The molecular formula is C12H13BrO3. The Hall–Kier alpha value is -1.29. The highest BCUT2D eigenvalue weighted by atomic mass is 79.9. The minimum atomic E-state index is -0.907. The molecule has 0 amide bonds. The van der Waals surface area contributed by atoms with Crippen molar-refractivity contribution in [3.8, 4) is 5.75 Å². The molecule has 1 rings (SSSR count). The van der Waals surface area contributed by atoms with Crippen LogP contribution in [0.15, 0.2) is 34.8 Å². The van der Waals surface area contributed by atoms with Gasteiger partial charge < -0.3 is 9.84 Å². The van der Waals surface area contributed by atoms with E-state index in [1.54, 1.807) is 13.2 Å². The SMILES string of the molecule is COc1ccc(CC/C=C/C(=O)O)cc1Br. The minimum absolute atomic E-state index is 0.713. The first-order valence-corrected chi connectivity index (χ1v) is 5.64. The number of aliphatic carboxylic acids is 1. The molecule has 0 aliphatic rings. The topological polar surface area (TPSA) is 46.5 Å². The van der Waals surface area contributed by atoms with Gasteiger partial charge in [-0.3, -0.25) is 0 Å². The van der Waals surface area contributed by atoms with Crippen LogP contribution < -0.4 is 4.74 Å². The van der Waals surface area contributed by atoms with Crippen LogP contribution in [0, 0.1) is 0 Å². The number of rotatable bonds is 5. The molecule has 0 atom stereocenters. The number of carboxylic acids is 1. The van der Waals surface area contributed by atoms with Crippen molar-refractivity contribution in [3.63, 3.8) is 0 Å². The molecule has 86 valence electrons. The zero-order chi connectivity index (χ0) is 12.0. The monoisotopic (exact) mass is 284 g/mol. The average Bonchev–Trinajstić information content (AvgIpc) is 2.24. The summed E-state index contributed by atoms with van der Waals surface area (Å²) in [6.45, 7) is 0. The second kappa shape index (κ2) is 6.33. The molecule has 0 unspecified atom stereocenters. The molecule has 4 heteroatoms.